The molecule has 1 fully saturated rings. The number of nitrogens with one attached hydrogen (secondary N) is 2. The van der Waals surface area contributed by atoms with E-state index in [9.17, 15) is 26.4 Å². The molecular formula is C17H20F3N5O4S. The van der Waals surface area contributed by atoms with Crippen LogP contribution in [0.2, 0.25) is 0 Å². The van der Waals surface area contributed by atoms with Crippen molar-refractivity contribution in [2.45, 2.75) is 31.8 Å². The van der Waals surface area contributed by atoms with Crippen molar-refractivity contribution in [1.29, 1.82) is 0 Å². The number of aromatic nitrogens is 2. The van der Waals surface area contributed by atoms with Gasteiger partial charge in [0.2, 0.25) is 5.91 Å². The lowest BCUT2D eigenvalue weighted by atomic mass is 10.00. The molecule has 13 heteroatoms. The van der Waals surface area contributed by atoms with Gasteiger partial charge in [0.25, 0.3) is 10.2 Å². The minimum absolute atomic E-state index is 0.142. The maximum atomic E-state index is 12.8. The van der Waals surface area contributed by atoms with Gasteiger partial charge in [-0.05, 0) is 37.6 Å². The van der Waals surface area contributed by atoms with Gasteiger partial charge in [-0.3, -0.25) is 9.48 Å². The van der Waals surface area contributed by atoms with Crippen molar-refractivity contribution in [3.05, 3.63) is 41.7 Å². The van der Waals surface area contributed by atoms with Crippen molar-refractivity contribution in [3.63, 3.8) is 0 Å². The van der Waals surface area contributed by atoms with Crippen LogP contribution in [-0.2, 0) is 22.1 Å². The molecule has 0 radical (unpaired) electrons. The molecule has 0 saturated carbocycles. The van der Waals surface area contributed by atoms with Gasteiger partial charge in [0.05, 0.1) is 12.2 Å². The van der Waals surface area contributed by atoms with E-state index in [1.54, 1.807) is 24.9 Å². The molecule has 9 nitrogen and oxygen atoms in total. The normalized spacial score (nSPS) is 21.9. The van der Waals surface area contributed by atoms with Crippen LogP contribution in [0.25, 0.3) is 0 Å². The van der Waals surface area contributed by atoms with E-state index in [1.807, 2.05) is 0 Å². The molecule has 1 aromatic carbocycles. The van der Waals surface area contributed by atoms with Gasteiger partial charge in [-0.1, -0.05) is 0 Å². The van der Waals surface area contributed by atoms with Gasteiger partial charge in [-0.15, -0.1) is 13.2 Å². The lowest BCUT2D eigenvalue weighted by Gasteiger charge is -2.36. The Morgan fingerprint density at radius 2 is 1.90 bits per heavy atom. The van der Waals surface area contributed by atoms with Gasteiger partial charge in [0, 0.05) is 31.0 Å². The van der Waals surface area contributed by atoms with Gasteiger partial charge in [0.1, 0.15) is 11.8 Å². The van der Waals surface area contributed by atoms with Gasteiger partial charge in [0.15, 0.2) is 0 Å². The quantitative estimate of drug-likeness (QED) is 0.744. The molecule has 2 heterocycles. The fourth-order valence-corrected chi connectivity index (χ4v) is 4.40. The van der Waals surface area contributed by atoms with E-state index in [0.29, 0.717) is 5.56 Å². The topological polar surface area (TPSA) is 106 Å². The highest BCUT2D eigenvalue weighted by Gasteiger charge is 2.41. The van der Waals surface area contributed by atoms with Crippen molar-refractivity contribution in [1.82, 2.24) is 18.8 Å². The molecule has 0 spiro atoms. The smallest absolute Gasteiger partial charge is 0.406 e. The maximum Gasteiger partial charge on any atom is 0.573 e. The maximum absolute atomic E-state index is 12.8. The summed E-state index contributed by atoms with van der Waals surface area (Å²) in [5.41, 5.74) is 1.61. The number of aryl methyl sites for hydroxylation is 1. The Kier molecular flexibility index (Phi) is 5.80. The monoisotopic (exact) mass is 447 g/mol. The minimum atomic E-state index is -4.82. The molecule has 1 aromatic heterocycles. The highest BCUT2D eigenvalue weighted by Crippen LogP contribution is 2.30. The summed E-state index contributed by atoms with van der Waals surface area (Å²) in [7, 11) is -0.941. The summed E-state index contributed by atoms with van der Waals surface area (Å²) >= 11 is 0. The number of alkyl halides is 3. The summed E-state index contributed by atoms with van der Waals surface area (Å²) in [6.45, 7) is 1.79. The van der Waals surface area contributed by atoms with Gasteiger partial charge in [-0.25, -0.2) is 0 Å². The number of rotatable bonds is 4. The first kappa shape index (κ1) is 22.1. The molecule has 2 aromatic rings. The first-order valence-electron chi connectivity index (χ1n) is 8.78. The number of nitrogens with zero attached hydrogens (tertiary/aromatic N) is 3. The molecular weight excluding hydrogens is 427 g/mol. The molecule has 1 amide bonds. The third-order valence-corrected chi connectivity index (χ3v) is 6.47. The Morgan fingerprint density at radius 3 is 2.43 bits per heavy atom. The van der Waals surface area contributed by atoms with Gasteiger partial charge < -0.3 is 10.1 Å². The SMILES string of the molecule is Cc1c([C@H]2C[C@H](C(=O)Nc3ccc(OC(F)(F)F)cc3)N(C)S(=O)(=O)N2)cnn1C. The van der Waals surface area contributed by atoms with Crippen LogP contribution in [0, 0.1) is 6.92 Å². The Balaban J connectivity index is 1.77. The molecule has 164 valence electrons. The van der Waals surface area contributed by atoms with Crippen LogP contribution in [0.4, 0.5) is 18.9 Å². The second kappa shape index (κ2) is 7.89. The Hall–Kier alpha value is -2.64. The predicted molar refractivity (Wildman–Crippen MR) is 101 cm³/mol. The van der Waals surface area contributed by atoms with Crippen LogP contribution in [0.1, 0.15) is 23.7 Å². The number of amides is 1. The molecule has 30 heavy (non-hydrogen) atoms. The Bertz CT molecular complexity index is 1040. The standard InChI is InChI=1S/C17H20F3N5O4S/c1-10-13(9-21-24(10)2)14-8-15(25(3)30(27,28)23-14)16(26)22-11-4-6-12(7-5-11)29-17(18,19)20/h4-7,9,14-15,23H,8H2,1-3H3,(H,22,26)/t14-,15-/m1/s1. The second-order valence-corrected chi connectivity index (χ2v) is 8.58. The van der Waals surface area contributed by atoms with Crippen molar-refractivity contribution in [2.24, 2.45) is 7.05 Å². The zero-order valence-electron chi connectivity index (χ0n) is 16.3. The number of hydrogen-bond donors (Lipinski definition) is 2. The summed E-state index contributed by atoms with van der Waals surface area (Å²) in [5.74, 6) is -1.05. The molecule has 1 aliphatic rings. The molecule has 0 unspecified atom stereocenters. The highest BCUT2D eigenvalue weighted by atomic mass is 32.2. The minimum Gasteiger partial charge on any atom is -0.406 e. The molecule has 2 atom stereocenters. The third kappa shape index (κ3) is 4.74. The number of carbonyl (C=O) groups excluding carboxylic acids is 1. The number of benzene rings is 1. The van der Waals surface area contributed by atoms with E-state index in [-0.39, 0.29) is 12.1 Å². The zero-order chi connectivity index (χ0) is 22.3. The van der Waals surface area contributed by atoms with Crippen molar-refractivity contribution >= 4 is 21.8 Å². The first-order valence-corrected chi connectivity index (χ1v) is 10.2. The fraction of sp³-hybridized carbons (Fsp3) is 0.412. The summed E-state index contributed by atoms with van der Waals surface area (Å²) < 4.78 is 70.6. The van der Waals surface area contributed by atoms with Gasteiger partial charge in [-0.2, -0.15) is 22.5 Å². The average Bonchev–Trinajstić information content (AvgIpc) is 2.96. The van der Waals surface area contributed by atoms with E-state index in [0.717, 1.165) is 22.1 Å². The van der Waals surface area contributed by atoms with Crippen molar-refractivity contribution in [2.75, 3.05) is 12.4 Å². The van der Waals surface area contributed by atoms with E-state index in [1.165, 1.54) is 19.2 Å². The lowest BCUT2D eigenvalue weighted by molar-refractivity contribution is -0.274. The summed E-state index contributed by atoms with van der Waals surface area (Å²) in [6, 6.07) is 2.88. The summed E-state index contributed by atoms with van der Waals surface area (Å²) in [6.07, 6.45) is -3.14. The number of halogens is 3. The van der Waals surface area contributed by atoms with Crippen LogP contribution in [0.5, 0.6) is 5.75 Å². The van der Waals surface area contributed by atoms with Crippen LogP contribution in [-0.4, -0.2) is 47.9 Å². The second-order valence-electron chi connectivity index (χ2n) is 6.81. The van der Waals surface area contributed by atoms with Crippen LogP contribution in [0.15, 0.2) is 30.5 Å². The lowest BCUT2D eigenvalue weighted by Crippen LogP contribution is -2.56. The van der Waals surface area contributed by atoms with E-state index < -0.39 is 40.3 Å². The molecule has 0 bridgehead atoms. The number of carbonyl (C=O) groups is 1. The molecule has 2 N–H and O–H groups in total. The fourth-order valence-electron chi connectivity index (χ4n) is 3.14. The van der Waals surface area contributed by atoms with Crippen LogP contribution >= 0.6 is 0 Å². The van der Waals surface area contributed by atoms with E-state index >= 15 is 0 Å². The van der Waals surface area contributed by atoms with E-state index in [2.05, 4.69) is 19.9 Å². The molecule has 1 aliphatic heterocycles. The molecule has 1 saturated heterocycles. The van der Waals surface area contributed by atoms with Crippen molar-refractivity contribution in [3.8, 4) is 5.75 Å². The summed E-state index contributed by atoms with van der Waals surface area (Å²) in [5, 5.41) is 6.64. The first-order chi connectivity index (χ1) is 13.9. The van der Waals surface area contributed by atoms with Crippen LogP contribution < -0.4 is 14.8 Å². The number of anilines is 1. The predicted octanol–water partition coefficient (Wildman–Crippen LogP) is 1.85. The van der Waals surface area contributed by atoms with E-state index in [4.69, 9.17) is 0 Å². The molecule has 0 aliphatic carbocycles. The van der Waals surface area contributed by atoms with Crippen LogP contribution in [0.3, 0.4) is 0 Å². The zero-order valence-corrected chi connectivity index (χ0v) is 17.1. The molecule has 3 rings (SSSR count). The number of hydrogen-bond acceptors (Lipinski definition) is 5. The Morgan fingerprint density at radius 1 is 1.27 bits per heavy atom. The largest absolute Gasteiger partial charge is 0.573 e. The Labute approximate surface area is 171 Å². The number of ether oxygens (including phenoxy) is 1. The summed E-state index contributed by atoms with van der Waals surface area (Å²) in [4.78, 5) is 12.8. The average molecular weight is 447 g/mol. The van der Waals surface area contributed by atoms with Crippen molar-refractivity contribution < 1.29 is 31.1 Å². The number of likely N-dealkylation sites (N-methyl/N-ethyl adjacent to an activating group) is 1. The highest BCUT2D eigenvalue weighted by molar-refractivity contribution is 7.87. The third-order valence-electron chi connectivity index (χ3n) is 4.87. The van der Waals surface area contributed by atoms with Gasteiger partial charge >= 0.3 is 6.36 Å².